The van der Waals surface area contributed by atoms with Crippen molar-refractivity contribution in [3.63, 3.8) is 0 Å². The molecule has 26 heavy (non-hydrogen) atoms. The first-order valence-electron chi connectivity index (χ1n) is 8.53. The molecule has 0 saturated carbocycles. The van der Waals surface area contributed by atoms with Crippen molar-refractivity contribution in [3.8, 4) is 11.5 Å². The lowest BCUT2D eigenvalue weighted by Crippen LogP contribution is -2.39. The lowest BCUT2D eigenvalue weighted by atomic mass is 9.98. The summed E-state index contributed by atoms with van der Waals surface area (Å²) in [5, 5.41) is 3.84. The molecule has 3 rings (SSSR count). The molecule has 0 spiro atoms. The van der Waals surface area contributed by atoms with Gasteiger partial charge in [0.25, 0.3) is 0 Å². The van der Waals surface area contributed by atoms with E-state index in [9.17, 15) is 4.79 Å². The number of ether oxygens (including phenoxy) is 2. The minimum Gasteiger partial charge on any atom is -0.493 e. The van der Waals surface area contributed by atoms with Crippen molar-refractivity contribution in [3.05, 3.63) is 52.0 Å². The van der Waals surface area contributed by atoms with Gasteiger partial charge in [0, 0.05) is 23.8 Å². The first-order chi connectivity index (χ1) is 12.5. The van der Waals surface area contributed by atoms with E-state index in [1.807, 2.05) is 42.2 Å². The third-order valence-electron chi connectivity index (χ3n) is 4.69. The smallest absolute Gasteiger partial charge is 0.242 e. The lowest BCUT2D eigenvalue weighted by Gasteiger charge is -2.30. The van der Waals surface area contributed by atoms with Crippen LogP contribution in [0.5, 0.6) is 11.5 Å². The van der Waals surface area contributed by atoms with E-state index in [-0.39, 0.29) is 12.5 Å². The number of fused-ring (bicyclic) bond motifs is 1. The quantitative estimate of drug-likeness (QED) is 0.867. The molecule has 0 unspecified atom stereocenters. The lowest BCUT2D eigenvalue weighted by molar-refractivity contribution is -0.130. The molecular weight excluding hydrogens is 352 g/mol. The monoisotopic (exact) mass is 374 g/mol. The first kappa shape index (κ1) is 18.4. The average molecular weight is 375 g/mol. The minimum atomic E-state index is 0.0575. The minimum absolute atomic E-state index is 0.0575. The number of methoxy groups -OCH3 is 2. The molecule has 0 bridgehead atoms. The Morgan fingerprint density at radius 3 is 2.50 bits per heavy atom. The number of nitrogens with zero attached hydrogens (tertiary/aromatic N) is 1. The summed E-state index contributed by atoms with van der Waals surface area (Å²) in [6, 6.07) is 9.67. The van der Waals surface area contributed by atoms with Crippen LogP contribution in [-0.2, 0) is 17.8 Å². The van der Waals surface area contributed by atoms with Gasteiger partial charge in [0.2, 0.25) is 5.91 Å². The van der Waals surface area contributed by atoms with Crippen LogP contribution in [0.1, 0.15) is 16.7 Å². The van der Waals surface area contributed by atoms with Crippen LogP contribution in [-0.4, -0.2) is 38.1 Å². The summed E-state index contributed by atoms with van der Waals surface area (Å²) in [5.41, 5.74) is 4.16. The van der Waals surface area contributed by atoms with Crippen LogP contribution >= 0.6 is 11.6 Å². The normalized spacial score (nSPS) is 13.2. The molecule has 0 radical (unpaired) electrons. The summed E-state index contributed by atoms with van der Waals surface area (Å²) in [4.78, 5) is 14.4. The van der Waals surface area contributed by atoms with Crippen molar-refractivity contribution >= 4 is 23.2 Å². The molecule has 1 amide bonds. The van der Waals surface area contributed by atoms with E-state index >= 15 is 0 Å². The van der Waals surface area contributed by atoms with Crippen LogP contribution in [0, 0.1) is 6.92 Å². The highest BCUT2D eigenvalue weighted by atomic mass is 35.5. The van der Waals surface area contributed by atoms with Crippen molar-refractivity contribution in [1.29, 1.82) is 0 Å². The largest absolute Gasteiger partial charge is 0.493 e. The van der Waals surface area contributed by atoms with Gasteiger partial charge in [-0.2, -0.15) is 0 Å². The van der Waals surface area contributed by atoms with E-state index in [1.165, 1.54) is 5.56 Å². The van der Waals surface area contributed by atoms with Crippen LogP contribution < -0.4 is 14.8 Å². The maximum atomic E-state index is 12.6. The summed E-state index contributed by atoms with van der Waals surface area (Å²) in [6.07, 6.45) is 0.803. The first-order valence-corrected chi connectivity index (χ1v) is 8.91. The zero-order valence-electron chi connectivity index (χ0n) is 15.3. The Balaban J connectivity index is 1.66. The molecule has 0 fully saturated rings. The van der Waals surface area contributed by atoms with Crippen molar-refractivity contribution in [1.82, 2.24) is 4.90 Å². The molecule has 0 atom stereocenters. The van der Waals surface area contributed by atoms with E-state index in [0.717, 1.165) is 29.0 Å². The molecule has 2 aromatic carbocycles. The number of anilines is 1. The molecule has 0 aromatic heterocycles. The van der Waals surface area contributed by atoms with Gasteiger partial charge in [0.15, 0.2) is 11.5 Å². The fourth-order valence-corrected chi connectivity index (χ4v) is 3.27. The van der Waals surface area contributed by atoms with Gasteiger partial charge in [-0.15, -0.1) is 0 Å². The number of benzene rings is 2. The van der Waals surface area contributed by atoms with Gasteiger partial charge in [0.05, 0.1) is 20.8 Å². The molecule has 5 nitrogen and oxygen atoms in total. The molecule has 6 heteroatoms. The summed E-state index contributed by atoms with van der Waals surface area (Å²) < 4.78 is 10.7. The number of carbonyl (C=O) groups is 1. The van der Waals surface area contributed by atoms with E-state index in [2.05, 4.69) is 5.32 Å². The molecule has 0 saturated heterocycles. The number of aryl methyl sites for hydroxylation is 1. The molecular formula is C20H23ClN2O3. The van der Waals surface area contributed by atoms with E-state index in [4.69, 9.17) is 21.1 Å². The number of carbonyl (C=O) groups excluding carboxylic acids is 1. The Bertz CT molecular complexity index is 823. The Kier molecular flexibility index (Phi) is 5.57. The fourth-order valence-electron chi connectivity index (χ4n) is 3.09. The molecule has 1 N–H and O–H groups in total. The third-order valence-corrected chi connectivity index (χ3v) is 5.09. The van der Waals surface area contributed by atoms with Crippen molar-refractivity contribution in [2.24, 2.45) is 0 Å². The number of amides is 1. The fraction of sp³-hybridized carbons (Fsp3) is 0.350. The summed E-state index contributed by atoms with van der Waals surface area (Å²) >= 11 is 6.13. The van der Waals surface area contributed by atoms with Gasteiger partial charge in [-0.25, -0.2) is 0 Å². The summed E-state index contributed by atoms with van der Waals surface area (Å²) in [5.74, 6) is 1.47. The number of halogens is 1. The van der Waals surface area contributed by atoms with Crippen LogP contribution in [0.25, 0.3) is 0 Å². The number of nitrogens with one attached hydrogen (secondary N) is 1. The van der Waals surface area contributed by atoms with Crippen LogP contribution in [0.3, 0.4) is 0 Å². The Morgan fingerprint density at radius 2 is 1.85 bits per heavy atom. The SMILES string of the molecule is COc1cc2c(cc1OC)CN(C(=O)CNc1ccc(C)c(Cl)c1)CC2. The van der Waals surface area contributed by atoms with Gasteiger partial charge in [-0.3, -0.25) is 4.79 Å². The third kappa shape index (κ3) is 3.88. The highest BCUT2D eigenvalue weighted by molar-refractivity contribution is 6.31. The van der Waals surface area contributed by atoms with Gasteiger partial charge in [-0.1, -0.05) is 17.7 Å². The predicted molar refractivity (Wildman–Crippen MR) is 103 cm³/mol. The van der Waals surface area contributed by atoms with E-state index in [1.54, 1.807) is 14.2 Å². The standard InChI is InChI=1S/C20H23ClN2O3/c1-13-4-5-16(10-17(13)21)22-11-20(24)23-7-6-14-8-18(25-2)19(26-3)9-15(14)12-23/h4-5,8-10,22H,6-7,11-12H2,1-3H3. The summed E-state index contributed by atoms with van der Waals surface area (Å²) in [7, 11) is 3.25. The molecule has 1 aliphatic heterocycles. The van der Waals surface area contributed by atoms with Crippen molar-refractivity contribution in [2.75, 3.05) is 32.6 Å². The predicted octanol–water partition coefficient (Wildman–Crippen LogP) is 3.66. The Hall–Kier alpha value is -2.40. The highest BCUT2D eigenvalue weighted by Crippen LogP contribution is 2.33. The second-order valence-electron chi connectivity index (χ2n) is 6.36. The van der Waals surface area contributed by atoms with Crippen LogP contribution in [0.2, 0.25) is 5.02 Å². The van der Waals surface area contributed by atoms with Crippen LogP contribution in [0.15, 0.2) is 30.3 Å². The van der Waals surface area contributed by atoms with Gasteiger partial charge >= 0.3 is 0 Å². The molecule has 1 heterocycles. The van der Waals surface area contributed by atoms with Crippen molar-refractivity contribution in [2.45, 2.75) is 19.9 Å². The molecule has 0 aliphatic carbocycles. The number of hydrogen-bond donors (Lipinski definition) is 1. The second-order valence-corrected chi connectivity index (χ2v) is 6.77. The van der Waals surface area contributed by atoms with E-state index in [0.29, 0.717) is 23.9 Å². The average Bonchev–Trinajstić information content (AvgIpc) is 2.66. The highest BCUT2D eigenvalue weighted by Gasteiger charge is 2.22. The molecule has 138 valence electrons. The zero-order chi connectivity index (χ0) is 18.7. The molecule has 1 aliphatic rings. The Morgan fingerprint density at radius 1 is 1.15 bits per heavy atom. The number of hydrogen-bond acceptors (Lipinski definition) is 4. The van der Waals surface area contributed by atoms with Crippen LogP contribution in [0.4, 0.5) is 5.69 Å². The zero-order valence-corrected chi connectivity index (χ0v) is 16.0. The Labute approximate surface area is 158 Å². The van der Waals surface area contributed by atoms with Crippen molar-refractivity contribution < 1.29 is 14.3 Å². The maximum Gasteiger partial charge on any atom is 0.242 e. The van der Waals surface area contributed by atoms with Gasteiger partial charge in [0.1, 0.15) is 0 Å². The van der Waals surface area contributed by atoms with Gasteiger partial charge < -0.3 is 19.7 Å². The molecule has 2 aromatic rings. The maximum absolute atomic E-state index is 12.6. The van der Waals surface area contributed by atoms with E-state index < -0.39 is 0 Å². The topological polar surface area (TPSA) is 50.8 Å². The summed E-state index contributed by atoms with van der Waals surface area (Å²) in [6.45, 7) is 3.45. The second kappa shape index (κ2) is 7.87. The van der Waals surface area contributed by atoms with Gasteiger partial charge in [-0.05, 0) is 54.3 Å². The number of rotatable bonds is 5.